The largest absolute Gasteiger partial charge is 0.385 e. The molecule has 0 aromatic heterocycles. The highest BCUT2D eigenvalue weighted by Crippen LogP contribution is 2.23. The predicted molar refractivity (Wildman–Crippen MR) is 147 cm³/mol. The summed E-state index contributed by atoms with van der Waals surface area (Å²) >= 11 is 0. The van der Waals surface area contributed by atoms with E-state index >= 15 is 0 Å². The van der Waals surface area contributed by atoms with Crippen LogP contribution in [-0.4, -0.2) is 75.4 Å². The molecule has 2 fully saturated rings. The number of aliphatic imine (C=N–C) groups is 1. The second kappa shape index (κ2) is 15.2. The fourth-order valence-electron chi connectivity index (χ4n) is 5.24. The Kier molecular flexibility index (Phi) is 13.0. The summed E-state index contributed by atoms with van der Waals surface area (Å²) in [4.78, 5) is 9.56. The van der Waals surface area contributed by atoms with Gasteiger partial charge < -0.3 is 19.7 Å². The molecule has 0 bridgehead atoms. The van der Waals surface area contributed by atoms with E-state index in [0.717, 1.165) is 76.5 Å². The topological polar surface area (TPSA) is 49.3 Å². The molecule has 2 saturated heterocycles. The lowest BCUT2D eigenvalue weighted by atomic mass is 9.91. The van der Waals surface area contributed by atoms with Crippen molar-refractivity contribution >= 4 is 29.9 Å². The van der Waals surface area contributed by atoms with E-state index in [2.05, 4.69) is 58.2 Å². The molecule has 33 heavy (non-hydrogen) atoms. The SMILES string of the molecule is CN=C(NCc1ccccc1CN1CC(C)CC(C)C1)N1CCC(OCCCOC)CC1.I. The molecule has 0 spiro atoms. The van der Waals surface area contributed by atoms with Crippen LogP contribution < -0.4 is 5.32 Å². The molecule has 0 saturated carbocycles. The van der Waals surface area contributed by atoms with E-state index in [1.54, 1.807) is 7.11 Å². The summed E-state index contributed by atoms with van der Waals surface area (Å²) in [7, 11) is 3.63. The van der Waals surface area contributed by atoms with Crippen LogP contribution in [0.25, 0.3) is 0 Å². The Bertz CT molecular complexity index is 699. The van der Waals surface area contributed by atoms with Crippen molar-refractivity contribution in [3.8, 4) is 0 Å². The molecule has 0 aliphatic carbocycles. The zero-order valence-corrected chi connectivity index (χ0v) is 23.4. The number of rotatable bonds is 9. The third-order valence-electron chi connectivity index (χ3n) is 6.69. The smallest absolute Gasteiger partial charge is 0.193 e. The number of guanidine groups is 1. The number of halogens is 1. The normalized spacial score (nSPS) is 22.8. The van der Waals surface area contributed by atoms with Crippen LogP contribution in [-0.2, 0) is 22.6 Å². The van der Waals surface area contributed by atoms with Gasteiger partial charge in [-0.25, -0.2) is 0 Å². The number of nitrogens with one attached hydrogen (secondary N) is 1. The first-order valence-corrected chi connectivity index (χ1v) is 12.4. The predicted octanol–water partition coefficient (Wildman–Crippen LogP) is 4.38. The van der Waals surface area contributed by atoms with E-state index in [1.807, 2.05) is 7.05 Å². The summed E-state index contributed by atoms with van der Waals surface area (Å²) in [6.07, 6.45) is 4.78. The number of likely N-dealkylation sites (tertiary alicyclic amines) is 2. The highest BCUT2D eigenvalue weighted by atomic mass is 127. The van der Waals surface area contributed by atoms with Crippen molar-refractivity contribution < 1.29 is 9.47 Å². The maximum atomic E-state index is 6.01. The number of hydrogen-bond donors (Lipinski definition) is 1. The van der Waals surface area contributed by atoms with E-state index in [4.69, 9.17) is 9.47 Å². The van der Waals surface area contributed by atoms with Gasteiger partial charge in [0, 0.05) is 66.6 Å². The molecule has 2 aliphatic rings. The molecule has 2 atom stereocenters. The van der Waals surface area contributed by atoms with Gasteiger partial charge in [0.2, 0.25) is 0 Å². The lowest BCUT2D eigenvalue weighted by Gasteiger charge is -2.35. The number of ether oxygens (including phenoxy) is 2. The molecule has 3 rings (SSSR count). The van der Waals surface area contributed by atoms with Crippen molar-refractivity contribution in [3.63, 3.8) is 0 Å². The van der Waals surface area contributed by atoms with Crippen LogP contribution in [0.1, 0.15) is 50.7 Å². The second-order valence-electron chi connectivity index (χ2n) is 9.71. The van der Waals surface area contributed by atoms with Gasteiger partial charge in [0.25, 0.3) is 0 Å². The Hall–Kier alpha value is -0.900. The molecule has 0 radical (unpaired) electrons. The van der Waals surface area contributed by atoms with E-state index in [1.165, 1.54) is 30.6 Å². The monoisotopic (exact) mass is 572 g/mol. The fraction of sp³-hybridized carbons (Fsp3) is 0.731. The van der Waals surface area contributed by atoms with Gasteiger partial charge in [0.1, 0.15) is 0 Å². The zero-order valence-electron chi connectivity index (χ0n) is 21.1. The lowest BCUT2D eigenvalue weighted by molar-refractivity contribution is 0.00989. The maximum absolute atomic E-state index is 6.01. The average molecular weight is 573 g/mol. The number of nitrogens with zero attached hydrogens (tertiary/aromatic N) is 3. The van der Waals surface area contributed by atoms with Crippen LogP contribution in [0, 0.1) is 11.8 Å². The van der Waals surface area contributed by atoms with Gasteiger partial charge in [-0.3, -0.25) is 9.89 Å². The molecule has 2 aliphatic heterocycles. The number of methoxy groups -OCH3 is 1. The van der Waals surface area contributed by atoms with Crippen molar-refractivity contribution in [2.75, 3.05) is 53.6 Å². The van der Waals surface area contributed by atoms with Gasteiger partial charge in [-0.05, 0) is 48.6 Å². The Morgan fingerprint density at radius 1 is 1.06 bits per heavy atom. The summed E-state index contributed by atoms with van der Waals surface area (Å²) in [6.45, 7) is 12.6. The molecule has 1 N–H and O–H groups in total. The summed E-state index contributed by atoms with van der Waals surface area (Å²) < 4.78 is 11.1. The van der Waals surface area contributed by atoms with Crippen LogP contribution >= 0.6 is 24.0 Å². The quantitative estimate of drug-likeness (QED) is 0.206. The van der Waals surface area contributed by atoms with E-state index in [0.29, 0.717) is 6.10 Å². The van der Waals surface area contributed by atoms with Crippen LogP contribution in [0.15, 0.2) is 29.3 Å². The Morgan fingerprint density at radius 3 is 2.36 bits per heavy atom. The van der Waals surface area contributed by atoms with E-state index in [9.17, 15) is 0 Å². The van der Waals surface area contributed by atoms with Gasteiger partial charge in [0.05, 0.1) is 6.10 Å². The van der Waals surface area contributed by atoms with Gasteiger partial charge in [-0.2, -0.15) is 0 Å². The summed E-state index contributed by atoms with van der Waals surface area (Å²) in [5.41, 5.74) is 2.80. The van der Waals surface area contributed by atoms with Crippen LogP contribution in [0.5, 0.6) is 0 Å². The van der Waals surface area contributed by atoms with Crippen LogP contribution in [0.2, 0.25) is 0 Å². The molecule has 0 amide bonds. The Morgan fingerprint density at radius 2 is 1.73 bits per heavy atom. The summed E-state index contributed by atoms with van der Waals surface area (Å²) in [5, 5.41) is 3.63. The number of hydrogen-bond acceptors (Lipinski definition) is 4. The molecule has 2 heterocycles. The van der Waals surface area contributed by atoms with Crippen molar-refractivity contribution in [2.24, 2.45) is 16.8 Å². The average Bonchev–Trinajstić information content (AvgIpc) is 2.78. The van der Waals surface area contributed by atoms with Gasteiger partial charge in [-0.15, -0.1) is 24.0 Å². The molecule has 6 nitrogen and oxygen atoms in total. The highest BCUT2D eigenvalue weighted by Gasteiger charge is 2.23. The molecule has 1 aromatic carbocycles. The number of benzene rings is 1. The molecule has 7 heteroatoms. The number of piperidine rings is 2. The van der Waals surface area contributed by atoms with Crippen molar-refractivity contribution in [2.45, 2.75) is 58.7 Å². The molecule has 188 valence electrons. The molecular weight excluding hydrogens is 527 g/mol. The van der Waals surface area contributed by atoms with Crippen molar-refractivity contribution in [3.05, 3.63) is 35.4 Å². The third-order valence-corrected chi connectivity index (χ3v) is 6.69. The standard InChI is InChI=1S/C26H44N4O2.HI/c1-21-16-22(2)19-29(18-21)20-24-9-6-5-8-23(24)17-28-26(27-3)30-12-10-25(11-13-30)32-15-7-14-31-4;/h5-6,8-9,21-22,25H,7,10-20H2,1-4H3,(H,27,28);1H. The Balaban J connectivity index is 0.00000385. The van der Waals surface area contributed by atoms with E-state index in [-0.39, 0.29) is 24.0 Å². The third kappa shape index (κ3) is 9.34. The van der Waals surface area contributed by atoms with Gasteiger partial charge in [0.15, 0.2) is 5.96 Å². The molecule has 1 aromatic rings. The van der Waals surface area contributed by atoms with Gasteiger partial charge >= 0.3 is 0 Å². The maximum Gasteiger partial charge on any atom is 0.193 e. The van der Waals surface area contributed by atoms with Crippen LogP contribution in [0.3, 0.4) is 0 Å². The summed E-state index contributed by atoms with van der Waals surface area (Å²) in [5.74, 6) is 2.57. The summed E-state index contributed by atoms with van der Waals surface area (Å²) in [6, 6.07) is 8.86. The van der Waals surface area contributed by atoms with Crippen LogP contribution in [0.4, 0.5) is 0 Å². The minimum atomic E-state index is 0. The lowest BCUT2D eigenvalue weighted by Crippen LogP contribution is -2.46. The highest BCUT2D eigenvalue weighted by molar-refractivity contribution is 14.0. The second-order valence-corrected chi connectivity index (χ2v) is 9.71. The fourth-order valence-corrected chi connectivity index (χ4v) is 5.24. The first kappa shape index (κ1) is 28.3. The van der Waals surface area contributed by atoms with Crippen molar-refractivity contribution in [1.29, 1.82) is 0 Å². The minimum Gasteiger partial charge on any atom is -0.385 e. The first-order valence-electron chi connectivity index (χ1n) is 12.4. The van der Waals surface area contributed by atoms with Crippen molar-refractivity contribution in [1.82, 2.24) is 15.1 Å². The molecular formula is C26H45IN4O2. The molecule has 2 unspecified atom stereocenters. The Labute approximate surface area is 218 Å². The van der Waals surface area contributed by atoms with Gasteiger partial charge in [-0.1, -0.05) is 38.1 Å². The van der Waals surface area contributed by atoms with E-state index < -0.39 is 0 Å². The zero-order chi connectivity index (χ0) is 22.8. The first-order chi connectivity index (χ1) is 15.6. The minimum absolute atomic E-state index is 0.